The fourth-order valence-electron chi connectivity index (χ4n) is 2.07. The summed E-state index contributed by atoms with van der Waals surface area (Å²) in [5, 5.41) is 10.3. The van der Waals surface area contributed by atoms with Gasteiger partial charge in [-0.2, -0.15) is 4.98 Å². The van der Waals surface area contributed by atoms with Crippen molar-refractivity contribution in [3.05, 3.63) is 16.2 Å². The van der Waals surface area contributed by atoms with Crippen LogP contribution < -0.4 is 4.90 Å². The summed E-state index contributed by atoms with van der Waals surface area (Å²) in [5.41, 5.74) is 0. The van der Waals surface area contributed by atoms with Crippen LogP contribution in [-0.4, -0.2) is 34.3 Å². The molecule has 6 heteroatoms. The average Bonchev–Trinajstić information content (AvgIpc) is 2.69. The Morgan fingerprint density at radius 3 is 2.79 bits per heavy atom. The molecule has 0 unspecified atom stereocenters. The Morgan fingerprint density at radius 1 is 1.42 bits per heavy atom. The number of fused-ring (bicyclic) bond motifs is 1. The fraction of sp³-hybridized carbons (Fsp3) is 0.538. The Labute approximate surface area is 122 Å². The summed E-state index contributed by atoms with van der Waals surface area (Å²) in [7, 11) is 0. The van der Waals surface area contributed by atoms with Crippen LogP contribution in [0.3, 0.4) is 0 Å². The third-order valence-corrected chi connectivity index (χ3v) is 4.03. The first-order valence-corrected chi connectivity index (χ1v) is 7.53. The first kappa shape index (κ1) is 14.5. The van der Waals surface area contributed by atoms with Gasteiger partial charge in [-0.3, -0.25) is 0 Å². The van der Waals surface area contributed by atoms with Crippen molar-refractivity contribution >= 4 is 39.0 Å². The van der Waals surface area contributed by atoms with Crippen molar-refractivity contribution in [3.8, 4) is 0 Å². The van der Waals surface area contributed by atoms with Crippen LogP contribution >= 0.6 is 22.9 Å². The average molecular weight is 300 g/mol. The molecule has 2 aromatic heterocycles. The number of rotatable bonds is 5. The number of hydrogen-bond acceptors (Lipinski definition) is 5. The third-order valence-electron chi connectivity index (χ3n) is 2.92. The lowest BCUT2D eigenvalue weighted by molar-refractivity contribution is 0.288. The van der Waals surface area contributed by atoms with Gasteiger partial charge in [0.1, 0.15) is 10.6 Å². The minimum absolute atomic E-state index is 0.174. The Morgan fingerprint density at radius 2 is 2.16 bits per heavy atom. The van der Waals surface area contributed by atoms with E-state index in [1.807, 2.05) is 0 Å². The molecule has 0 spiro atoms. The lowest BCUT2D eigenvalue weighted by Crippen LogP contribution is -2.33. The molecule has 104 valence electrons. The highest BCUT2D eigenvalue weighted by atomic mass is 35.5. The molecule has 0 amide bonds. The molecule has 0 aliphatic carbocycles. The molecule has 0 atom stereocenters. The summed E-state index contributed by atoms with van der Waals surface area (Å²) in [6, 6.07) is 2.39. The Hall–Kier alpha value is -0.910. The zero-order chi connectivity index (χ0) is 14.0. The molecule has 19 heavy (non-hydrogen) atoms. The highest BCUT2D eigenvalue weighted by molar-refractivity contribution is 7.18. The molecule has 1 N–H and O–H groups in total. The molecule has 0 radical (unpaired) electrons. The van der Waals surface area contributed by atoms with Crippen LogP contribution in [0.4, 0.5) is 5.82 Å². The summed E-state index contributed by atoms with van der Waals surface area (Å²) in [5.74, 6) is 0.864. The fourth-order valence-corrected chi connectivity index (χ4v) is 3.16. The van der Waals surface area contributed by atoms with E-state index < -0.39 is 0 Å². The van der Waals surface area contributed by atoms with Gasteiger partial charge in [-0.1, -0.05) is 0 Å². The van der Waals surface area contributed by atoms with Crippen molar-refractivity contribution in [2.75, 3.05) is 18.1 Å². The van der Waals surface area contributed by atoms with E-state index in [1.165, 1.54) is 4.88 Å². The minimum Gasteiger partial charge on any atom is -0.396 e. The molecule has 2 rings (SSSR count). The number of aromatic nitrogens is 2. The van der Waals surface area contributed by atoms with Gasteiger partial charge >= 0.3 is 0 Å². The van der Waals surface area contributed by atoms with Crippen LogP contribution in [-0.2, 0) is 0 Å². The Kier molecular flexibility index (Phi) is 4.60. The molecule has 0 bridgehead atoms. The molecule has 2 heterocycles. The topological polar surface area (TPSA) is 49.2 Å². The first-order chi connectivity index (χ1) is 9.02. The standard InChI is InChI=1S/C13H18ClN3OS/c1-8(2)17(5-4-6-18)11-10-7-9(3)19-12(10)16-13(14)15-11/h7-8,18H,4-6H2,1-3H3. The van der Waals surface area contributed by atoms with E-state index in [1.54, 1.807) is 11.3 Å². The largest absolute Gasteiger partial charge is 0.396 e. The molecular weight excluding hydrogens is 282 g/mol. The van der Waals surface area contributed by atoms with Gasteiger partial charge in [0.25, 0.3) is 0 Å². The van der Waals surface area contributed by atoms with Gasteiger partial charge in [-0.15, -0.1) is 11.3 Å². The minimum atomic E-state index is 0.174. The number of nitrogens with zero attached hydrogens (tertiary/aromatic N) is 3. The second-order valence-electron chi connectivity index (χ2n) is 4.76. The van der Waals surface area contributed by atoms with Crippen LogP contribution in [0.25, 0.3) is 10.2 Å². The second kappa shape index (κ2) is 6.03. The smallest absolute Gasteiger partial charge is 0.225 e. The number of aliphatic hydroxyl groups is 1. The maximum atomic E-state index is 9.03. The number of aliphatic hydroxyl groups excluding tert-OH is 1. The van der Waals surface area contributed by atoms with Crippen molar-refractivity contribution in [2.45, 2.75) is 33.2 Å². The lowest BCUT2D eigenvalue weighted by atomic mass is 10.2. The van der Waals surface area contributed by atoms with Gasteiger partial charge in [-0.25, -0.2) is 4.98 Å². The number of anilines is 1. The van der Waals surface area contributed by atoms with Gasteiger partial charge in [0.2, 0.25) is 5.28 Å². The van der Waals surface area contributed by atoms with Crippen LogP contribution in [0, 0.1) is 6.92 Å². The van der Waals surface area contributed by atoms with Crippen molar-refractivity contribution in [1.29, 1.82) is 0 Å². The first-order valence-electron chi connectivity index (χ1n) is 6.34. The summed E-state index contributed by atoms with van der Waals surface area (Å²) >= 11 is 7.65. The molecule has 0 fully saturated rings. The Bertz CT molecular complexity index is 570. The second-order valence-corrected chi connectivity index (χ2v) is 6.33. The zero-order valence-corrected chi connectivity index (χ0v) is 12.9. The maximum Gasteiger partial charge on any atom is 0.225 e. The van der Waals surface area contributed by atoms with Crippen LogP contribution in [0.5, 0.6) is 0 Å². The maximum absolute atomic E-state index is 9.03. The van der Waals surface area contributed by atoms with Crippen LogP contribution in [0.2, 0.25) is 5.28 Å². The monoisotopic (exact) mass is 299 g/mol. The van der Waals surface area contributed by atoms with E-state index in [4.69, 9.17) is 16.7 Å². The molecule has 0 aliphatic heterocycles. The molecular formula is C13H18ClN3OS. The molecule has 0 saturated carbocycles. The molecule has 0 aliphatic rings. The normalized spacial score (nSPS) is 11.5. The van der Waals surface area contributed by atoms with Crippen molar-refractivity contribution in [3.63, 3.8) is 0 Å². The van der Waals surface area contributed by atoms with E-state index in [9.17, 15) is 0 Å². The van der Waals surface area contributed by atoms with Gasteiger partial charge in [-0.05, 0) is 44.9 Å². The number of thiophene rings is 1. The third kappa shape index (κ3) is 3.16. The van der Waals surface area contributed by atoms with Crippen LogP contribution in [0.15, 0.2) is 6.07 Å². The van der Waals surface area contributed by atoms with Crippen molar-refractivity contribution in [2.24, 2.45) is 0 Å². The van der Waals surface area contributed by atoms with Gasteiger partial charge in [0.15, 0.2) is 0 Å². The van der Waals surface area contributed by atoms with E-state index in [0.29, 0.717) is 12.5 Å². The summed E-state index contributed by atoms with van der Waals surface area (Å²) in [6.45, 7) is 7.20. The summed E-state index contributed by atoms with van der Waals surface area (Å²) in [6.07, 6.45) is 0.713. The number of hydrogen-bond donors (Lipinski definition) is 1. The summed E-state index contributed by atoms with van der Waals surface area (Å²) in [4.78, 5) is 12.9. The lowest BCUT2D eigenvalue weighted by Gasteiger charge is -2.28. The van der Waals surface area contributed by atoms with Crippen LogP contribution in [0.1, 0.15) is 25.1 Å². The van der Waals surface area contributed by atoms with Crippen molar-refractivity contribution < 1.29 is 5.11 Å². The van der Waals surface area contributed by atoms with Gasteiger partial charge < -0.3 is 10.0 Å². The molecule has 4 nitrogen and oxygen atoms in total. The predicted octanol–water partition coefficient (Wildman–Crippen LogP) is 3.25. The van der Waals surface area contributed by atoms with Gasteiger partial charge in [0, 0.05) is 24.1 Å². The Balaban J connectivity index is 2.51. The van der Waals surface area contributed by atoms with E-state index >= 15 is 0 Å². The molecule has 0 saturated heterocycles. The van der Waals surface area contributed by atoms with Crippen molar-refractivity contribution in [1.82, 2.24) is 9.97 Å². The predicted molar refractivity (Wildman–Crippen MR) is 81.3 cm³/mol. The summed E-state index contributed by atoms with van der Waals surface area (Å²) < 4.78 is 0. The highest BCUT2D eigenvalue weighted by Gasteiger charge is 2.18. The highest BCUT2D eigenvalue weighted by Crippen LogP contribution is 2.32. The zero-order valence-electron chi connectivity index (χ0n) is 11.4. The van der Waals surface area contributed by atoms with E-state index in [0.717, 1.165) is 22.6 Å². The molecule has 2 aromatic rings. The SMILES string of the molecule is Cc1cc2c(N(CCCO)C(C)C)nc(Cl)nc2s1. The van der Waals surface area contributed by atoms with E-state index in [-0.39, 0.29) is 11.9 Å². The van der Waals surface area contributed by atoms with E-state index in [2.05, 4.69) is 41.7 Å². The molecule has 0 aromatic carbocycles. The number of aryl methyl sites for hydroxylation is 1. The number of halogens is 1. The quantitative estimate of drug-likeness (QED) is 0.861. The van der Waals surface area contributed by atoms with Gasteiger partial charge in [0.05, 0.1) is 5.39 Å².